The Balaban J connectivity index is 2.57. The molecular weight excluding hydrogens is 328 g/mol. The van der Waals surface area contributed by atoms with Gasteiger partial charge in [0, 0.05) is 5.92 Å². The van der Waals surface area contributed by atoms with Crippen LogP contribution >= 0.6 is 0 Å². The molecule has 0 saturated heterocycles. The van der Waals surface area contributed by atoms with Gasteiger partial charge in [0.25, 0.3) is 0 Å². The van der Waals surface area contributed by atoms with Crippen LogP contribution in [0.4, 0.5) is 0 Å². The molecule has 0 aliphatic carbocycles. The van der Waals surface area contributed by atoms with E-state index in [0.29, 0.717) is 19.1 Å². The lowest BCUT2D eigenvalue weighted by atomic mass is 10.0. The quantitative estimate of drug-likeness (QED) is 0.326. The number of hydrogen-bond donors (Lipinski definition) is 0. The molecule has 3 nitrogen and oxygen atoms in total. The predicted molar refractivity (Wildman–Crippen MR) is 109 cm³/mol. The van der Waals surface area contributed by atoms with Crippen LogP contribution in [-0.4, -0.2) is 28.1 Å². The second-order valence-corrected chi connectivity index (χ2v) is 11.5. The minimum absolute atomic E-state index is 0.208. The van der Waals surface area contributed by atoms with Crippen molar-refractivity contribution in [2.45, 2.75) is 65.0 Å². The summed E-state index contributed by atoms with van der Waals surface area (Å²) in [6.45, 7) is 14.3. The van der Waals surface area contributed by atoms with Crippen LogP contribution < -0.4 is 4.74 Å². The average Bonchev–Trinajstić information content (AvgIpc) is 2.66. The summed E-state index contributed by atoms with van der Waals surface area (Å²) < 4.78 is 17.8. The van der Waals surface area contributed by atoms with Gasteiger partial charge >= 0.3 is 0 Å². The van der Waals surface area contributed by atoms with Crippen LogP contribution in [0.15, 0.2) is 36.9 Å². The third kappa shape index (κ3) is 6.96. The Morgan fingerprint density at radius 2 is 1.68 bits per heavy atom. The van der Waals surface area contributed by atoms with E-state index >= 15 is 0 Å². The van der Waals surface area contributed by atoms with Gasteiger partial charge in [0.2, 0.25) is 0 Å². The average molecular weight is 365 g/mol. The number of rotatable bonds is 13. The van der Waals surface area contributed by atoms with Crippen molar-refractivity contribution in [3.8, 4) is 5.75 Å². The van der Waals surface area contributed by atoms with E-state index in [0.717, 1.165) is 17.7 Å². The highest BCUT2D eigenvalue weighted by molar-refractivity contribution is 6.73. The second kappa shape index (κ2) is 11.5. The van der Waals surface area contributed by atoms with E-state index in [-0.39, 0.29) is 6.10 Å². The molecule has 0 unspecified atom stereocenters. The topological polar surface area (TPSA) is 27.7 Å². The molecule has 0 aliphatic heterocycles. The molecule has 0 fully saturated rings. The standard InChI is InChI=1S/C21H36O3Si/c1-7-11-21(24-25(8-2,9-3)10-4)18(5)16-23-17-19-12-14-20(22-6)15-13-19/h7,12-15,18,21H,1,8-11,16-17H2,2-6H3/t18-,21+/m1/s1. The Hall–Kier alpha value is -1.10. The molecule has 0 bridgehead atoms. The van der Waals surface area contributed by atoms with E-state index in [4.69, 9.17) is 13.9 Å². The lowest BCUT2D eigenvalue weighted by molar-refractivity contribution is 0.0362. The van der Waals surface area contributed by atoms with Crippen molar-refractivity contribution in [1.29, 1.82) is 0 Å². The van der Waals surface area contributed by atoms with Crippen LogP contribution in [-0.2, 0) is 15.8 Å². The molecule has 1 aromatic carbocycles. The third-order valence-electron chi connectivity index (χ3n) is 5.18. The van der Waals surface area contributed by atoms with E-state index < -0.39 is 8.32 Å². The fourth-order valence-corrected chi connectivity index (χ4v) is 6.04. The van der Waals surface area contributed by atoms with Crippen molar-refractivity contribution in [3.63, 3.8) is 0 Å². The summed E-state index contributed by atoms with van der Waals surface area (Å²) in [6, 6.07) is 11.5. The lowest BCUT2D eigenvalue weighted by Gasteiger charge is -2.35. The van der Waals surface area contributed by atoms with Gasteiger partial charge in [-0.25, -0.2) is 0 Å². The van der Waals surface area contributed by atoms with Gasteiger partial charge in [-0.2, -0.15) is 0 Å². The van der Waals surface area contributed by atoms with Gasteiger partial charge in [0.05, 0.1) is 26.4 Å². The highest BCUT2D eigenvalue weighted by Gasteiger charge is 2.33. The van der Waals surface area contributed by atoms with Gasteiger partial charge in [-0.05, 0) is 42.2 Å². The number of ether oxygens (including phenoxy) is 2. The van der Waals surface area contributed by atoms with Gasteiger partial charge in [0.1, 0.15) is 5.75 Å². The lowest BCUT2D eigenvalue weighted by Crippen LogP contribution is -2.42. The Labute approximate surface area is 155 Å². The van der Waals surface area contributed by atoms with Gasteiger partial charge in [-0.15, -0.1) is 6.58 Å². The van der Waals surface area contributed by atoms with Crippen molar-refractivity contribution in [2.75, 3.05) is 13.7 Å². The molecule has 0 spiro atoms. The summed E-state index contributed by atoms with van der Waals surface area (Å²) in [4.78, 5) is 0. The number of hydrogen-bond acceptors (Lipinski definition) is 3. The number of benzene rings is 1. The summed E-state index contributed by atoms with van der Waals surface area (Å²) in [5.41, 5.74) is 1.16. The Morgan fingerprint density at radius 1 is 1.08 bits per heavy atom. The van der Waals surface area contributed by atoms with Gasteiger partial charge in [0.15, 0.2) is 8.32 Å². The van der Waals surface area contributed by atoms with E-state index in [1.165, 1.54) is 18.1 Å². The number of methoxy groups -OCH3 is 1. The molecule has 0 radical (unpaired) electrons. The maximum Gasteiger partial charge on any atom is 0.192 e. The summed E-state index contributed by atoms with van der Waals surface area (Å²) in [6.07, 6.45) is 3.08. The summed E-state index contributed by atoms with van der Waals surface area (Å²) in [7, 11) is 0.0683. The molecule has 0 aromatic heterocycles. The van der Waals surface area contributed by atoms with E-state index in [9.17, 15) is 0 Å². The molecule has 0 amide bonds. The van der Waals surface area contributed by atoms with Gasteiger partial charge in [-0.1, -0.05) is 45.9 Å². The second-order valence-electron chi connectivity index (χ2n) is 6.76. The van der Waals surface area contributed by atoms with Crippen molar-refractivity contribution in [2.24, 2.45) is 5.92 Å². The predicted octanol–water partition coefficient (Wildman–Crippen LogP) is 5.81. The normalized spacial score (nSPS) is 14.1. The van der Waals surface area contributed by atoms with Crippen LogP contribution in [0.5, 0.6) is 5.75 Å². The van der Waals surface area contributed by atoms with Crippen LogP contribution in [0.1, 0.15) is 39.7 Å². The van der Waals surface area contributed by atoms with E-state index in [1.54, 1.807) is 7.11 Å². The van der Waals surface area contributed by atoms with E-state index in [2.05, 4.69) is 34.3 Å². The third-order valence-corrected chi connectivity index (χ3v) is 9.85. The largest absolute Gasteiger partial charge is 0.497 e. The highest BCUT2D eigenvalue weighted by Crippen LogP contribution is 2.27. The maximum absolute atomic E-state index is 6.69. The van der Waals surface area contributed by atoms with Crippen LogP contribution in [0, 0.1) is 5.92 Å². The van der Waals surface area contributed by atoms with Crippen molar-refractivity contribution in [1.82, 2.24) is 0 Å². The SMILES string of the molecule is C=CC[C@H](O[Si](CC)(CC)CC)[C@H](C)COCc1ccc(OC)cc1. The maximum atomic E-state index is 6.69. The summed E-state index contributed by atoms with van der Waals surface area (Å²) >= 11 is 0. The molecule has 25 heavy (non-hydrogen) atoms. The van der Waals surface area contributed by atoms with Crippen LogP contribution in [0.25, 0.3) is 0 Å². The molecule has 0 N–H and O–H groups in total. The monoisotopic (exact) mass is 364 g/mol. The molecule has 2 atom stereocenters. The smallest absolute Gasteiger partial charge is 0.192 e. The fourth-order valence-electron chi connectivity index (χ4n) is 3.07. The molecule has 0 heterocycles. The molecule has 4 heteroatoms. The molecule has 0 saturated carbocycles. The van der Waals surface area contributed by atoms with Crippen molar-refractivity contribution < 1.29 is 13.9 Å². The Bertz CT molecular complexity index is 474. The Kier molecular flexibility index (Phi) is 10.1. The molecule has 1 aromatic rings. The first kappa shape index (κ1) is 21.9. The van der Waals surface area contributed by atoms with Crippen LogP contribution in [0.3, 0.4) is 0 Å². The Morgan fingerprint density at radius 3 is 2.16 bits per heavy atom. The fraction of sp³-hybridized carbons (Fsp3) is 0.619. The first-order valence-electron chi connectivity index (χ1n) is 9.53. The summed E-state index contributed by atoms with van der Waals surface area (Å²) in [5, 5.41) is 0. The molecule has 1 rings (SSSR count). The van der Waals surface area contributed by atoms with Gasteiger partial charge < -0.3 is 13.9 Å². The van der Waals surface area contributed by atoms with Gasteiger partial charge in [-0.3, -0.25) is 0 Å². The first-order chi connectivity index (χ1) is 12.0. The van der Waals surface area contributed by atoms with Crippen molar-refractivity contribution >= 4 is 8.32 Å². The highest BCUT2D eigenvalue weighted by atomic mass is 28.4. The molecule has 0 aliphatic rings. The summed E-state index contributed by atoms with van der Waals surface area (Å²) in [5.74, 6) is 1.23. The minimum Gasteiger partial charge on any atom is -0.497 e. The zero-order valence-electron chi connectivity index (χ0n) is 16.7. The van der Waals surface area contributed by atoms with Crippen molar-refractivity contribution in [3.05, 3.63) is 42.5 Å². The van der Waals surface area contributed by atoms with E-state index in [1.807, 2.05) is 30.3 Å². The zero-order valence-corrected chi connectivity index (χ0v) is 17.7. The first-order valence-corrected chi connectivity index (χ1v) is 12.1. The molecule has 142 valence electrons. The minimum atomic E-state index is -1.61. The zero-order chi connectivity index (χ0) is 18.7. The van der Waals surface area contributed by atoms with Crippen LogP contribution in [0.2, 0.25) is 18.1 Å². The molecular formula is C21H36O3Si.